The molecule has 2 aromatic rings. The van der Waals surface area contributed by atoms with Gasteiger partial charge in [-0.25, -0.2) is 12.8 Å². The van der Waals surface area contributed by atoms with Gasteiger partial charge in [0, 0.05) is 5.75 Å². The van der Waals surface area contributed by atoms with Crippen molar-refractivity contribution >= 4 is 32.5 Å². The van der Waals surface area contributed by atoms with E-state index in [0.717, 1.165) is 5.56 Å². The van der Waals surface area contributed by atoms with Gasteiger partial charge in [0.1, 0.15) is 5.82 Å². The fourth-order valence-corrected chi connectivity index (χ4v) is 6.20. The normalized spacial score (nSPS) is 24.2. The van der Waals surface area contributed by atoms with Gasteiger partial charge in [-0.15, -0.1) is 0 Å². The molecular weight excluding hydrogens is 359 g/mol. The van der Waals surface area contributed by atoms with Crippen molar-refractivity contribution in [1.29, 1.82) is 0 Å². The second kappa shape index (κ2) is 6.46. The third-order valence-corrected chi connectivity index (χ3v) is 7.17. The lowest BCUT2D eigenvalue weighted by Crippen LogP contribution is -2.39. The number of hydrogen-bond donors (Lipinski definition) is 0. The van der Waals surface area contributed by atoms with Crippen LogP contribution >= 0.6 is 11.8 Å². The zero-order chi connectivity index (χ0) is 17.4. The van der Waals surface area contributed by atoms with E-state index in [0.29, 0.717) is 16.6 Å². The van der Waals surface area contributed by atoms with E-state index in [1.807, 2.05) is 30.3 Å². The molecule has 1 fully saturated rings. The van der Waals surface area contributed by atoms with Gasteiger partial charge in [0.2, 0.25) is 0 Å². The average Bonchev–Trinajstić information content (AvgIpc) is 3.06. The van der Waals surface area contributed by atoms with E-state index in [-0.39, 0.29) is 29.4 Å². The van der Waals surface area contributed by atoms with Crippen LogP contribution in [0.3, 0.4) is 0 Å². The van der Waals surface area contributed by atoms with E-state index in [1.54, 1.807) is 23.1 Å². The molecule has 0 unspecified atom stereocenters. The highest BCUT2D eigenvalue weighted by Crippen LogP contribution is 2.36. The van der Waals surface area contributed by atoms with Crippen LogP contribution in [-0.2, 0) is 15.6 Å². The van der Waals surface area contributed by atoms with Gasteiger partial charge >= 0.3 is 0 Å². The van der Waals surface area contributed by atoms with Crippen molar-refractivity contribution in [2.45, 2.75) is 17.8 Å². The summed E-state index contributed by atoms with van der Waals surface area (Å²) in [6.45, 7) is 0. The highest BCUT2D eigenvalue weighted by Gasteiger charge is 2.47. The standard InChI is InChI=1S/C18H17FN2O2S2/c19-14-8-4-5-9-16(14)21-17-12-25(22,23)11-15(17)20-18(21)24-10-13-6-2-1-3-7-13/h1-9,15,17H,10-12H2/t15-,17+/m1/s1. The first-order valence-corrected chi connectivity index (χ1v) is 10.8. The van der Waals surface area contributed by atoms with Crippen LogP contribution in [0.1, 0.15) is 5.56 Å². The molecule has 0 amide bonds. The molecule has 0 radical (unpaired) electrons. The third-order valence-electron chi connectivity index (χ3n) is 4.43. The average molecular weight is 376 g/mol. The molecule has 2 heterocycles. The van der Waals surface area contributed by atoms with Crippen molar-refractivity contribution in [3.63, 3.8) is 0 Å². The summed E-state index contributed by atoms with van der Waals surface area (Å²) in [7, 11) is -3.13. The van der Waals surface area contributed by atoms with Crippen molar-refractivity contribution in [2.75, 3.05) is 16.4 Å². The summed E-state index contributed by atoms with van der Waals surface area (Å²) in [5.74, 6) is 0.403. The van der Waals surface area contributed by atoms with Gasteiger partial charge in [-0.2, -0.15) is 0 Å². The molecule has 2 aromatic carbocycles. The van der Waals surface area contributed by atoms with E-state index in [1.165, 1.54) is 17.8 Å². The van der Waals surface area contributed by atoms with E-state index in [4.69, 9.17) is 0 Å². The number of rotatable bonds is 3. The highest BCUT2D eigenvalue weighted by molar-refractivity contribution is 8.13. The maximum Gasteiger partial charge on any atom is 0.164 e. The number of amidine groups is 1. The Hall–Kier alpha value is -1.86. The summed E-state index contributed by atoms with van der Waals surface area (Å²) in [4.78, 5) is 6.40. The summed E-state index contributed by atoms with van der Waals surface area (Å²) in [6.07, 6.45) is 0. The van der Waals surface area contributed by atoms with E-state index >= 15 is 0 Å². The Morgan fingerprint density at radius 1 is 1.08 bits per heavy atom. The van der Waals surface area contributed by atoms with Gasteiger partial charge in [0.05, 0.1) is 29.3 Å². The smallest absolute Gasteiger partial charge is 0.164 e. The molecule has 25 heavy (non-hydrogen) atoms. The molecule has 2 aliphatic rings. The van der Waals surface area contributed by atoms with Gasteiger partial charge in [0.25, 0.3) is 0 Å². The Morgan fingerprint density at radius 3 is 2.56 bits per heavy atom. The fourth-order valence-electron chi connectivity index (χ4n) is 3.28. The predicted octanol–water partition coefficient (Wildman–Crippen LogP) is 3.10. The van der Waals surface area contributed by atoms with Crippen molar-refractivity contribution < 1.29 is 12.8 Å². The summed E-state index contributed by atoms with van der Waals surface area (Å²) in [5.41, 5.74) is 1.54. The lowest BCUT2D eigenvalue weighted by molar-refractivity contribution is 0.600. The molecule has 0 N–H and O–H groups in total. The van der Waals surface area contributed by atoms with Crippen LogP contribution in [0.15, 0.2) is 59.6 Å². The van der Waals surface area contributed by atoms with Crippen LogP contribution < -0.4 is 4.90 Å². The SMILES string of the molecule is O=S1(=O)C[C@H]2N=C(SCc3ccccc3)N(c3ccccc3F)[C@H]2C1. The Labute approximate surface area is 150 Å². The Balaban J connectivity index is 1.65. The summed E-state index contributed by atoms with van der Waals surface area (Å²) in [6, 6.07) is 15.8. The molecular formula is C18H17FN2O2S2. The van der Waals surface area contributed by atoms with Gasteiger partial charge in [-0.05, 0) is 17.7 Å². The van der Waals surface area contributed by atoms with E-state index in [9.17, 15) is 12.8 Å². The largest absolute Gasteiger partial charge is 0.312 e. The summed E-state index contributed by atoms with van der Waals surface area (Å²) >= 11 is 1.52. The minimum absolute atomic E-state index is 0.0187. The fraction of sp³-hybridized carbons (Fsp3) is 0.278. The molecule has 0 aliphatic carbocycles. The van der Waals surface area contributed by atoms with Crippen molar-refractivity contribution in [1.82, 2.24) is 0 Å². The zero-order valence-corrected chi connectivity index (χ0v) is 15.0. The number of benzene rings is 2. The molecule has 4 nitrogen and oxygen atoms in total. The van der Waals surface area contributed by atoms with Crippen LogP contribution in [0.25, 0.3) is 0 Å². The quantitative estimate of drug-likeness (QED) is 0.826. The van der Waals surface area contributed by atoms with Gasteiger partial charge < -0.3 is 4.90 Å². The number of hydrogen-bond acceptors (Lipinski definition) is 5. The molecule has 1 saturated heterocycles. The van der Waals surface area contributed by atoms with E-state index in [2.05, 4.69) is 4.99 Å². The highest BCUT2D eigenvalue weighted by atomic mass is 32.2. The lowest BCUT2D eigenvalue weighted by atomic mass is 10.1. The van der Waals surface area contributed by atoms with E-state index < -0.39 is 9.84 Å². The first kappa shape index (κ1) is 16.6. The van der Waals surface area contributed by atoms with Gasteiger partial charge in [-0.1, -0.05) is 54.2 Å². The second-order valence-electron chi connectivity index (χ2n) is 6.22. The molecule has 4 rings (SSSR count). The van der Waals surface area contributed by atoms with Crippen LogP contribution in [-0.4, -0.2) is 37.2 Å². The van der Waals surface area contributed by atoms with Crippen molar-refractivity contribution in [3.8, 4) is 0 Å². The Bertz CT molecular complexity index is 916. The van der Waals surface area contributed by atoms with Crippen LogP contribution in [0.5, 0.6) is 0 Å². The maximum absolute atomic E-state index is 14.4. The minimum atomic E-state index is -3.13. The first-order valence-electron chi connectivity index (χ1n) is 8.02. The first-order chi connectivity index (χ1) is 12.0. The number of para-hydroxylation sites is 1. The Morgan fingerprint density at radius 2 is 1.80 bits per heavy atom. The van der Waals surface area contributed by atoms with Gasteiger partial charge in [-0.3, -0.25) is 4.99 Å². The number of anilines is 1. The molecule has 2 aliphatic heterocycles. The number of sulfone groups is 1. The summed E-state index contributed by atoms with van der Waals surface area (Å²) in [5, 5.41) is 0.693. The third kappa shape index (κ3) is 3.30. The number of aliphatic imine (C=N–C) groups is 1. The zero-order valence-electron chi connectivity index (χ0n) is 13.4. The molecule has 0 bridgehead atoms. The van der Waals surface area contributed by atoms with Gasteiger partial charge in [0.15, 0.2) is 15.0 Å². The molecule has 7 heteroatoms. The van der Waals surface area contributed by atoms with Crippen molar-refractivity contribution in [2.24, 2.45) is 4.99 Å². The molecule has 2 atom stereocenters. The predicted molar refractivity (Wildman–Crippen MR) is 100 cm³/mol. The number of halogens is 1. The molecule has 0 spiro atoms. The molecule has 0 saturated carbocycles. The Kier molecular flexibility index (Phi) is 4.29. The minimum Gasteiger partial charge on any atom is -0.312 e. The lowest BCUT2D eigenvalue weighted by Gasteiger charge is -2.26. The number of thioether (sulfide) groups is 1. The number of fused-ring (bicyclic) bond motifs is 1. The summed E-state index contributed by atoms with van der Waals surface area (Å²) < 4.78 is 38.4. The molecule has 0 aromatic heterocycles. The second-order valence-corrected chi connectivity index (χ2v) is 9.32. The maximum atomic E-state index is 14.4. The van der Waals surface area contributed by atoms with Crippen LogP contribution in [0, 0.1) is 5.82 Å². The van der Waals surface area contributed by atoms with Crippen molar-refractivity contribution in [3.05, 3.63) is 66.0 Å². The van der Waals surface area contributed by atoms with Crippen LogP contribution in [0.2, 0.25) is 0 Å². The monoisotopic (exact) mass is 376 g/mol. The topological polar surface area (TPSA) is 49.7 Å². The number of nitrogens with zero attached hydrogens (tertiary/aromatic N) is 2. The molecule has 130 valence electrons. The van der Waals surface area contributed by atoms with Crippen LogP contribution in [0.4, 0.5) is 10.1 Å².